The fraction of sp³-hybridized carbons (Fsp3) is 0.632. The molecule has 0 aromatic heterocycles. The van der Waals surface area contributed by atoms with Gasteiger partial charge in [0.25, 0.3) is 5.91 Å². The summed E-state index contributed by atoms with van der Waals surface area (Å²) in [6, 6.07) is 4.58. The molecule has 28 heavy (non-hydrogen) atoms. The zero-order valence-corrected chi connectivity index (χ0v) is 17.9. The third-order valence-corrected chi connectivity index (χ3v) is 7.41. The van der Waals surface area contributed by atoms with E-state index < -0.39 is 10.0 Å². The maximum Gasteiger partial charge on any atom is 0.257 e. The van der Waals surface area contributed by atoms with Crippen LogP contribution in [0.4, 0.5) is 0 Å². The Bertz CT molecular complexity index is 779. The number of benzene rings is 1. The first-order valence-electron chi connectivity index (χ1n) is 9.65. The van der Waals surface area contributed by atoms with Gasteiger partial charge in [-0.05, 0) is 49.9 Å². The van der Waals surface area contributed by atoms with Crippen molar-refractivity contribution >= 4 is 28.3 Å². The highest BCUT2D eigenvalue weighted by Crippen LogP contribution is 2.28. The number of carbonyl (C=O) groups excluding carboxylic acids is 1. The number of nitrogens with zero attached hydrogens (tertiary/aromatic N) is 2. The van der Waals surface area contributed by atoms with Gasteiger partial charge in [0, 0.05) is 26.2 Å². The minimum Gasteiger partial charge on any atom is -0.496 e. The largest absolute Gasteiger partial charge is 0.496 e. The molecule has 7 nitrogen and oxygen atoms in total. The maximum atomic E-state index is 13.1. The molecule has 1 unspecified atom stereocenters. The Hall–Kier alpha value is -1.35. The van der Waals surface area contributed by atoms with Gasteiger partial charge < -0.3 is 15.4 Å². The molecule has 2 aliphatic rings. The lowest BCUT2D eigenvalue weighted by Crippen LogP contribution is -2.33. The summed E-state index contributed by atoms with van der Waals surface area (Å²) in [7, 11) is -2.13. The summed E-state index contributed by atoms with van der Waals surface area (Å²) in [5, 5.41) is 0. The van der Waals surface area contributed by atoms with Gasteiger partial charge in [-0.25, -0.2) is 8.42 Å². The minimum atomic E-state index is -3.62. The average molecular weight is 432 g/mol. The quantitative estimate of drug-likeness (QED) is 0.770. The predicted octanol–water partition coefficient (Wildman–Crippen LogP) is 2.10. The first kappa shape index (κ1) is 22.9. The smallest absolute Gasteiger partial charge is 0.257 e. The molecule has 0 spiro atoms. The molecular weight excluding hydrogens is 402 g/mol. The van der Waals surface area contributed by atoms with Crippen LogP contribution in [-0.4, -0.2) is 63.4 Å². The van der Waals surface area contributed by atoms with Crippen LogP contribution in [0.2, 0.25) is 0 Å². The van der Waals surface area contributed by atoms with Crippen LogP contribution in [0.3, 0.4) is 0 Å². The molecule has 1 aromatic rings. The summed E-state index contributed by atoms with van der Waals surface area (Å²) in [6.45, 7) is 2.84. The number of halogens is 1. The van der Waals surface area contributed by atoms with Gasteiger partial charge in [-0.15, -0.1) is 12.4 Å². The highest BCUT2D eigenvalue weighted by molar-refractivity contribution is 7.89. The normalized spacial score (nSPS) is 21.1. The molecule has 158 valence electrons. The van der Waals surface area contributed by atoms with Gasteiger partial charge in [-0.1, -0.05) is 12.8 Å². The van der Waals surface area contributed by atoms with Crippen molar-refractivity contribution in [2.24, 2.45) is 11.7 Å². The van der Waals surface area contributed by atoms with Gasteiger partial charge in [0.2, 0.25) is 10.0 Å². The second kappa shape index (κ2) is 9.91. The molecule has 3 rings (SSSR count). The summed E-state index contributed by atoms with van der Waals surface area (Å²) in [5.41, 5.74) is 6.02. The average Bonchev–Trinajstić information content (AvgIpc) is 2.99. The second-order valence-electron chi connectivity index (χ2n) is 7.32. The number of rotatable bonds is 5. The Morgan fingerprint density at radius 1 is 1.18 bits per heavy atom. The van der Waals surface area contributed by atoms with Crippen molar-refractivity contribution in [3.05, 3.63) is 23.8 Å². The fourth-order valence-electron chi connectivity index (χ4n) is 3.83. The van der Waals surface area contributed by atoms with Crippen molar-refractivity contribution in [3.8, 4) is 5.75 Å². The van der Waals surface area contributed by atoms with E-state index in [-0.39, 0.29) is 23.2 Å². The van der Waals surface area contributed by atoms with E-state index in [0.29, 0.717) is 50.0 Å². The van der Waals surface area contributed by atoms with Crippen LogP contribution in [0.25, 0.3) is 0 Å². The number of hydrogen-bond acceptors (Lipinski definition) is 5. The van der Waals surface area contributed by atoms with Crippen LogP contribution in [-0.2, 0) is 10.0 Å². The van der Waals surface area contributed by atoms with E-state index in [1.807, 2.05) is 0 Å². The molecule has 0 saturated carbocycles. The maximum absolute atomic E-state index is 13.1. The first-order chi connectivity index (χ1) is 13.0. The number of nitrogens with two attached hydrogens (primary N) is 1. The van der Waals surface area contributed by atoms with Gasteiger partial charge in [0.15, 0.2) is 0 Å². The van der Waals surface area contributed by atoms with E-state index in [0.717, 1.165) is 32.1 Å². The molecule has 1 atom stereocenters. The number of hydrogen-bond donors (Lipinski definition) is 1. The van der Waals surface area contributed by atoms with E-state index in [9.17, 15) is 13.2 Å². The standard InChI is InChI=1S/C19H29N3O4S.ClH/c1-26-18-7-6-16(27(24,25)22-9-4-2-3-5-10-22)12-17(18)19(23)21-11-8-15(13-20)14-21;/h6-7,12,15H,2-5,8-11,13-14,20H2,1H3;1H. The van der Waals surface area contributed by atoms with Gasteiger partial charge in [-0.2, -0.15) is 4.31 Å². The van der Waals surface area contributed by atoms with E-state index in [1.165, 1.54) is 23.5 Å². The summed E-state index contributed by atoms with van der Waals surface area (Å²) in [4.78, 5) is 14.9. The second-order valence-corrected chi connectivity index (χ2v) is 9.26. The van der Waals surface area contributed by atoms with Gasteiger partial charge >= 0.3 is 0 Å². The Balaban J connectivity index is 0.00000280. The molecule has 2 N–H and O–H groups in total. The Morgan fingerprint density at radius 2 is 1.86 bits per heavy atom. The van der Waals surface area contributed by atoms with Gasteiger partial charge in [0.05, 0.1) is 17.6 Å². The van der Waals surface area contributed by atoms with Crippen molar-refractivity contribution in [2.75, 3.05) is 39.8 Å². The zero-order valence-electron chi connectivity index (χ0n) is 16.3. The molecule has 0 bridgehead atoms. The minimum absolute atomic E-state index is 0. The van der Waals surface area contributed by atoms with E-state index in [1.54, 1.807) is 11.0 Å². The number of methoxy groups -OCH3 is 1. The van der Waals surface area contributed by atoms with E-state index in [2.05, 4.69) is 0 Å². The molecule has 2 heterocycles. The van der Waals surface area contributed by atoms with E-state index >= 15 is 0 Å². The zero-order chi connectivity index (χ0) is 19.4. The van der Waals surface area contributed by atoms with Crippen molar-refractivity contribution < 1.29 is 17.9 Å². The monoisotopic (exact) mass is 431 g/mol. The highest BCUT2D eigenvalue weighted by atomic mass is 35.5. The Labute approximate surface area is 173 Å². The fourth-order valence-corrected chi connectivity index (χ4v) is 5.37. The molecule has 2 aliphatic heterocycles. The molecule has 0 radical (unpaired) electrons. The number of sulfonamides is 1. The van der Waals surface area contributed by atoms with E-state index in [4.69, 9.17) is 10.5 Å². The van der Waals surface area contributed by atoms with Crippen LogP contribution < -0.4 is 10.5 Å². The Morgan fingerprint density at radius 3 is 2.43 bits per heavy atom. The van der Waals surface area contributed by atoms with Crippen LogP contribution >= 0.6 is 12.4 Å². The summed E-state index contributed by atoms with van der Waals surface area (Å²) in [6.07, 6.45) is 4.71. The Kier molecular flexibility index (Phi) is 8.12. The number of amides is 1. The molecular formula is C19H30ClN3O4S. The molecule has 1 amide bonds. The van der Waals surface area contributed by atoms with Gasteiger partial charge in [-0.3, -0.25) is 4.79 Å². The van der Waals surface area contributed by atoms with Gasteiger partial charge in [0.1, 0.15) is 5.75 Å². The van der Waals surface area contributed by atoms with Crippen molar-refractivity contribution in [1.82, 2.24) is 9.21 Å². The molecule has 1 aromatic carbocycles. The lowest BCUT2D eigenvalue weighted by molar-refractivity contribution is 0.0784. The topological polar surface area (TPSA) is 92.9 Å². The van der Waals surface area contributed by atoms with Crippen molar-refractivity contribution in [1.29, 1.82) is 0 Å². The van der Waals surface area contributed by atoms with Crippen LogP contribution in [0.1, 0.15) is 42.5 Å². The molecule has 9 heteroatoms. The lowest BCUT2D eigenvalue weighted by atomic mass is 10.1. The van der Waals surface area contributed by atoms with Crippen LogP contribution in [0, 0.1) is 5.92 Å². The third-order valence-electron chi connectivity index (χ3n) is 5.51. The summed E-state index contributed by atoms with van der Waals surface area (Å²) < 4.78 is 33.0. The summed E-state index contributed by atoms with van der Waals surface area (Å²) in [5.74, 6) is 0.491. The van der Waals surface area contributed by atoms with Crippen LogP contribution in [0.5, 0.6) is 5.75 Å². The van der Waals surface area contributed by atoms with Crippen molar-refractivity contribution in [3.63, 3.8) is 0 Å². The predicted molar refractivity (Wildman–Crippen MR) is 111 cm³/mol. The highest BCUT2D eigenvalue weighted by Gasteiger charge is 2.30. The molecule has 2 fully saturated rings. The number of ether oxygens (including phenoxy) is 1. The lowest BCUT2D eigenvalue weighted by Gasteiger charge is -2.22. The third kappa shape index (κ3) is 4.79. The first-order valence-corrected chi connectivity index (χ1v) is 11.1. The van der Waals surface area contributed by atoms with Crippen LogP contribution in [0.15, 0.2) is 23.1 Å². The molecule has 2 saturated heterocycles. The summed E-state index contributed by atoms with van der Waals surface area (Å²) >= 11 is 0. The van der Waals surface area contributed by atoms with Crippen molar-refractivity contribution in [2.45, 2.75) is 37.0 Å². The number of carbonyl (C=O) groups is 1. The SMILES string of the molecule is COc1ccc(S(=O)(=O)N2CCCCCC2)cc1C(=O)N1CCC(CN)C1.Cl. The number of likely N-dealkylation sites (tertiary alicyclic amines) is 1. The molecule has 0 aliphatic carbocycles.